The standard InChI is InChI=1S/C18H13F2N7O3/c19-9-1-4-13(11(20)6-9)30-18-24-14-8(5-12-15(28)25-17(29)23-12)7-21-27(14)16(26-18)22-10-2-3-10/h1,4-7,10,28H,2-3H2,(H2,23,25,29)/b8-5+,22-16?. The normalized spacial score (nSPS) is 15.3. The lowest BCUT2D eigenvalue weighted by Gasteiger charge is -2.05. The number of hydrogen-bond donors (Lipinski definition) is 3. The number of benzene rings is 1. The Morgan fingerprint density at radius 3 is 2.80 bits per heavy atom. The molecule has 0 atom stereocenters. The molecule has 5 rings (SSSR count). The molecule has 0 unspecified atom stereocenters. The van der Waals surface area contributed by atoms with Gasteiger partial charge in [0.15, 0.2) is 17.2 Å². The SMILES string of the molecule is O=c1[nH]c(O)c(/C=c2\cnn3c(=NC4CC4)nc(Oc4ccc(F)cc4F)nc23)[nH]1. The minimum atomic E-state index is -0.908. The number of ether oxygens (including phenoxy) is 1. The molecular weight excluding hydrogens is 400 g/mol. The average molecular weight is 413 g/mol. The molecule has 1 saturated carbocycles. The Balaban J connectivity index is 1.68. The third kappa shape index (κ3) is 3.38. The summed E-state index contributed by atoms with van der Waals surface area (Å²) < 4.78 is 33.9. The van der Waals surface area contributed by atoms with Crippen LogP contribution in [-0.2, 0) is 0 Å². The van der Waals surface area contributed by atoms with Gasteiger partial charge in [0.2, 0.25) is 5.88 Å². The fourth-order valence-corrected chi connectivity index (χ4v) is 2.76. The Morgan fingerprint density at radius 1 is 1.27 bits per heavy atom. The summed E-state index contributed by atoms with van der Waals surface area (Å²) in [5, 5.41) is 14.4. The number of nitrogens with one attached hydrogen (secondary N) is 2. The molecule has 1 aromatic carbocycles. The molecule has 152 valence electrons. The number of hydrogen-bond acceptors (Lipinski definition) is 7. The predicted molar refractivity (Wildman–Crippen MR) is 97.7 cm³/mol. The second-order valence-electron chi connectivity index (χ2n) is 6.66. The largest absolute Gasteiger partial charge is 0.493 e. The molecule has 0 radical (unpaired) electrons. The third-order valence-electron chi connectivity index (χ3n) is 4.33. The van der Waals surface area contributed by atoms with E-state index in [1.165, 1.54) is 16.8 Å². The topological polar surface area (TPSA) is 134 Å². The minimum absolute atomic E-state index is 0.0974. The van der Waals surface area contributed by atoms with Crippen molar-refractivity contribution in [2.24, 2.45) is 4.99 Å². The van der Waals surface area contributed by atoms with Gasteiger partial charge in [0.05, 0.1) is 12.2 Å². The van der Waals surface area contributed by atoms with Crippen LogP contribution in [0.15, 0.2) is 34.2 Å². The number of aromatic hydroxyl groups is 1. The number of imidazole rings is 1. The van der Waals surface area contributed by atoms with Gasteiger partial charge >= 0.3 is 11.7 Å². The predicted octanol–water partition coefficient (Wildman–Crippen LogP) is 0.528. The van der Waals surface area contributed by atoms with Crippen LogP contribution in [0.2, 0.25) is 0 Å². The summed E-state index contributed by atoms with van der Waals surface area (Å²) in [6.45, 7) is 0. The van der Waals surface area contributed by atoms with Crippen LogP contribution in [0.5, 0.6) is 17.6 Å². The first-order valence-electron chi connectivity index (χ1n) is 8.92. The summed E-state index contributed by atoms with van der Waals surface area (Å²) in [4.78, 5) is 28.9. The van der Waals surface area contributed by atoms with Crippen molar-refractivity contribution in [3.05, 3.63) is 63.0 Å². The van der Waals surface area contributed by atoms with E-state index in [1.807, 2.05) is 0 Å². The van der Waals surface area contributed by atoms with Gasteiger partial charge in [0.25, 0.3) is 5.62 Å². The van der Waals surface area contributed by atoms with E-state index < -0.39 is 17.3 Å². The van der Waals surface area contributed by atoms with Crippen LogP contribution in [0.1, 0.15) is 18.5 Å². The maximum absolute atomic E-state index is 14.0. The Labute approximate surface area is 165 Å². The molecule has 0 amide bonds. The van der Waals surface area contributed by atoms with Crippen molar-refractivity contribution in [1.29, 1.82) is 0 Å². The van der Waals surface area contributed by atoms with Gasteiger partial charge in [-0.2, -0.15) is 19.6 Å². The maximum Gasteiger partial charge on any atom is 0.327 e. The highest BCUT2D eigenvalue weighted by Crippen LogP contribution is 2.23. The molecule has 3 aromatic heterocycles. The van der Waals surface area contributed by atoms with E-state index >= 15 is 0 Å². The fraction of sp³-hybridized carbons (Fsp3) is 0.167. The lowest BCUT2D eigenvalue weighted by atomic mass is 10.3. The molecule has 1 aliphatic carbocycles. The number of aromatic nitrogens is 6. The number of fused-ring (bicyclic) bond motifs is 1. The van der Waals surface area contributed by atoms with E-state index in [4.69, 9.17) is 4.74 Å². The van der Waals surface area contributed by atoms with E-state index in [9.17, 15) is 18.7 Å². The molecule has 0 aliphatic heterocycles. The van der Waals surface area contributed by atoms with Crippen LogP contribution in [0.3, 0.4) is 0 Å². The molecule has 0 bridgehead atoms. The van der Waals surface area contributed by atoms with Crippen LogP contribution in [0.25, 0.3) is 11.7 Å². The molecule has 3 N–H and O–H groups in total. The first-order valence-corrected chi connectivity index (χ1v) is 8.92. The van der Waals surface area contributed by atoms with Crippen LogP contribution >= 0.6 is 0 Å². The smallest absolute Gasteiger partial charge is 0.327 e. The third-order valence-corrected chi connectivity index (χ3v) is 4.33. The molecule has 1 fully saturated rings. The molecule has 10 nitrogen and oxygen atoms in total. The quantitative estimate of drug-likeness (QED) is 0.447. The van der Waals surface area contributed by atoms with Crippen LogP contribution in [-0.4, -0.2) is 40.7 Å². The fourth-order valence-electron chi connectivity index (χ4n) is 2.76. The minimum Gasteiger partial charge on any atom is -0.493 e. The maximum atomic E-state index is 14.0. The molecule has 3 heterocycles. The molecule has 0 saturated heterocycles. The molecule has 30 heavy (non-hydrogen) atoms. The second kappa shape index (κ2) is 6.76. The van der Waals surface area contributed by atoms with Gasteiger partial charge in [0, 0.05) is 11.3 Å². The summed E-state index contributed by atoms with van der Waals surface area (Å²) in [5.41, 5.74) is 0.00106. The van der Waals surface area contributed by atoms with Gasteiger partial charge in [-0.15, -0.1) is 0 Å². The zero-order valence-electron chi connectivity index (χ0n) is 15.1. The summed E-state index contributed by atoms with van der Waals surface area (Å²) >= 11 is 0. The number of halogens is 2. The lowest BCUT2D eigenvalue weighted by molar-refractivity contribution is 0.403. The van der Waals surface area contributed by atoms with Crippen LogP contribution in [0, 0.1) is 11.6 Å². The highest BCUT2D eigenvalue weighted by Gasteiger charge is 2.21. The van der Waals surface area contributed by atoms with Crippen molar-refractivity contribution in [2.45, 2.75) is 18.9 Å². The van der Waals surface area contributed by atoms with Crippen molar-refractivity contribution in [3.8, 4) is 17.6 Å². The second-order valence-corrected chi connectivity index (χ2v) is 6.66. The monoisotopic (exact) mass is 413 g/mol. The van der Waals surface area contributed by atoms with Crippen LogP contribution in [0.4, 0.5) is 8.78 Å². The Bertz CT molecular complexity index is 1450. The zero-order valence-corrected chi connectivity index (χ0v) is 15.1. The summed E-state index contributed by atoms with van der Waals surface area (Å²) in [5.74, 6) is -2.25. The lowest BCUT2D eigenvalue weighted by Crippen LogP contribution is -2.23. The highest BCUT2D eigenvalue weighted by atomic mass is 19.1. The molecular formula is C18H13F2N7O3. The van der Waals surface area contributed by atoms with Gasteiger partial charge in [-0.1, -0.05) is 0 Å². The Kier molecular flexibility index (Phi) is 4.05. The van der Waals surface area contributed by atoms with Crippen molar-refractivity contribution >= 4 is 11.7 Å². The van der Waals surface area contributed by atoms with Crippen LogP contribution < -0.4 is 21.3 Å². The number of rotatable bonds is 4. The van der Waals surface area contributed by atoms with E-state index in [0.29, 0.717) is 11.3 Å². The van der Waals surface area contributed by atoms with E-state index in [-0.39, 0.29) is 40.6 Å². The van der Waals surface area contributed by atoms with Gasteiger partial charge in [-0.3, -0.25) is 4.98 Å². The number of nitrogens with zero attached hydrogens (tertiary/aromatic N) is 5. The highest BCUT2D eigenvalue weighted by molar-refractivity contribution is 5.56. The Hall–Kier alpha value is -4.09. The first kappa shape index (κ1) is 18.0. The van der Waals surface area contributed by atoms with E-state index in [1.54, 1.807) is 0 Å². The Morgan fingerprint density at radius 2 is 2.10 bits per heavy atom. The molecule has 1 aliphatic rings. The van der Waals surface area contributed by atoms with E-state index in [2.05, 4.69) is 30.0 Å². The van der Waals surface area contributed by atoms with Crippen molar-refractivity contribution < 1.29 is 18.6 Å². The number of aromatic amines is 2. The average Bonchev–Trinajstić information content (AvgIpc) is 3.33. The van der Waals surface area contributed by atoms with E-state index in [0.717, 1.165) is 25.0 Å². The first-order chi connectivity index (χ1) is 14.5. The van der Waals surface area contributed by atoms with Crippen molar-refractivity contribution in [1.82, 2.24) is 29.5 Å². The zero-order chi connectivity index (χ0) is 20.8. The molecule has 12 heteroatoms. The summed E-state index contributed by atoms with van der Waals surface area (Å²) in [6, 6.07) is 2.75. The van der Waals surface area contributed by atoms with Gasteiger partial charge in [0.1, 0.15) is 11.5 Å². The number of H-pyrrole nitrogens is 2. The molecule has 4 aromatic rings. The van der Waals surface area contributed by atoms with Gasteiger partial charge in [-0.25, -0.2) is 18.6 Å². The summed E-state index contributed by atoms with van der Waals surface area (Å²) in [7, 11) is 0. The van der Waals surface area contributed by atoms with Gasteiger partial charge in [-0.05, 0) is 31.1 Å². The molecule has 0 spiro atoms. The van der Waals surface area contributed by atoms with Gasteiger partial charge < -0.3 is 14.8 Å². The van der Waals surface area contributed by atoms with Crippen molar-refractivity contribution in [2.75, 3.05) is 0 Å². The summed E-state index contributed by atoms with van der Waals surface area (Å²) in [6.07, 6.45) is 4.72. The van der Waals surface area contributed by atoms with Crippen molar-refractivity contribution in [3.63, 3.8) is 0 Å².